The molecule has 0 bridgehead atoms. The number of nitrogens with zero attached hydrogens (tertiary/aromatic N) is 2. The lowest BCUT2D eigenvalue weighted by molar-refractivity contribution is 0.0946. The van der Waals surface area contributed by atoms with Crippen LogP contribution in [-0.2, 0) is 0 Å². The highest BCUT2D eigenvalue weighted by Gasteiger charge is 2.07. The van der Waals surface area contributed by atoms with Crippen molar-refractivity contribution in [1.82, 2.24) is 15.2 Å². The maximum Gasteiger partial charge on any atom is 0.269 e. The van der Waals surface area contributed by atoms with E-state index in [1.165, 1.54) is 0 Å². The fourth-order valence-electron chi connectivity index (χ4n) is 1.92. The monoisotopic (exact) mass is 332 g/mol. The van der Waals surface area contributed by atoms with Crippen LogP contribution in [0.25, 0.3) is 0 Å². The third kappa shape index (κ3) is 5.23. The van der Waals surface area contributed by atoms with Gasteiger partial charge < -0.3 is 15.5 Å². The van der Waals surface area contributed by atoms with E-state index in [1.807, 2.05) is 50.2 Å². The van der Waals surface area contributed by atoms with Crippen LogP contribution in [0.5, 0.6) is 0 Å². The Morgan fingerprint density at radius 3 is 2.57 bits per heavy atom. The minimum absolute atomic E-state index is 0.170. The number of benzene rings is 1. The average Bonchev–Trinajstić information content (AvgIpc) is 2.51. The van der Waals surface area contributed by atoms with Crippen molar-refractivity contribution in [3.8, 4) is 0 Å². The first-order valence-electron chi connectivity index (χ1n) is 7.38. The van der Waals surface area contributed by atoms with Crippen molar-refractivity contribution >= 4 is 28.9 Å². The number of aryl methyl sites for hydroxylation is 1. The van der Waals surface area contributed by atoms with Gasteiger partial charge in [0.15, 0.2) is 0 Å². The normalized spacial score (nSPS) is 10.7. The van der Waals surface area contributed by atoms with Crippen LogP contribution in [0.2, 0.25) is 5.02 Å². The molecule has 1 aromatic heterocycles. The van der Waals surface area contributed by atoms with Gasteiger partial charge in [-0.1, -0.05) is 17.7 Å². The molecule has 2 rings (SSSR count). The molecular weight excluding hydrogens is 312 g/mol. The van der Waals surface area contributed by atoms with Crippen molar-refractivity contribution in [2.24, 2.45) is 0 Å². The van der Waals surface area contributed by atoms with Crippen LogP contribution in [0.4, 0.5) is 11.4 Å². The Kier molecular flexibility index (Phi) is 5.96. The summed E-state index contributed by atoms with van der Waals surface area (Å²) >= 11 is 6.11. The summed E-state index contributed by atoms with van der Waals surface area (Å²) in [7, 11) is 3.92. The van der Waals surface area contributed by atoms with E-state index < -0.39 is 0 Å². The van der Waals surface area contributed by atoms with E-state index in [2.05, 4.69) is 15.6 Å². The van der Waals surface area contributed by atoms with E-state index in [9.17, 15) is 4.79 Å². The molecule has 122 valence electrons. The van der Waals surface area contributed by atoms with Gasteiger partial charge in [-0.15, -0.1) is 0 Å². The number of hydrogen-bond donors (Lipinski definition) is 2. The van der Waals surface area contributed by atoms with Gasteiger partial charge in [0.05, 0.1) is 11.9 Å². The summed E-state index contributed by atoms with van der Waals surface area (Å²) < 4.78 is 0. The number of carbonyl (C=O) groups excluding carboxylic acids is 1. The molecule has 1 aromatic carbocycles. The quantitative estimate of drug-likeness (QED) is 0.853. The number of halogens is 1. The van der Waals surface area contributed by atoms with E-state index in [-0.39, 0.29) is 5.91 Å². The van der Waals surface area contributed by atoms with Crippen LogP contribution in [0.3, 0.4) is 0 Å². The maximum absolute atomic E-state index is 11.9. The molecular formula is C17H21ClN4O. The minimum atomic E-state index is -0.170. The number of pyridine rings is 1. The number of amides is 1. The number of anilines is 2. The fourth-order valence-corrected chi connectivity index (χ4v) is 2.10. The lowest BCUT2D eigenvalue weighted by Gasteiger charge is -2.11. The molecule has 2 aromatic rings. The molecule has 0 saturated carbocycles. The molecule has 0 saturated heterocycles. The minimum Gasteiger partial charge on any atom is -0.354 e. The Balaban J connectivity index is 1.96. The van der Waals surface area contributed by atoms with Crippen LogP contribution in [0, 0.1) is 6.92 Å². The van der Waals surface area contributed by atoms with Crippen molar-refractivity contribution in [2.45, 2.75) is 6.92 Å². The Morgan fingerprint density at radius 1 is 1.22 bits per heavy atom. The van der Waals surface area contributed by atoms with Gasteiger partial charge >= 0.3 is 0 Å². The van der Waals surface area contributed by atoms with E-state index in [0.29, 0.717) is 17.3 Å². The molecule has 5 nitrogen and oxygen atoms in total. The smallest absolute Gasteiger partial charge is 0.269 e. The van der Waals surface area contributed by atoms with Crippen molar-refractivity contribution in [3.63, 3.8) is 0 Å². The number of likely N-dealkylation sites (N-methyl/N-ethyl adjacent to an activating group) is 1. The lowest BCUT2D eigenvalue weighted by atomic mass is 10.2. The highest BCUT2D eigenvalue weighted by atomic mass is 35.5. The number of nitrogens with one attached hydrogen (secondary N) is 2. The van der Waals surface area contributed by atoms with Gasteiger partial charge in [0, 0.05) is 23.8 Å². The molecule has 0 unspecified atom stereocenters. The number of hydrogen-bond acceptors (Lipinski definition) is 4. The summed E-state index contributed by atoms with van der Waals surface area (Å²) in [5.41, 5.74) is 3.11. The number of aromatic nitrogens is 1. The molecule has 0 radical (unpaired) electrons. The highest BCUT2D eigenvalue weighted by Crippen LogP contribution is 2.22. The summed E-state index contributed by atoms with van der Waals surface area (Å²) in [5.74, 6) is -0.170. The van der Waals surface area contributed by atoms with Gasteiger partial charge in [0.25, 0.3) is 5.91 Å². The van der Waals surface area contributed by atoms with Gasteiger partial charge in [-0.05, 0) is 50.8 Å². The van der Waals surface area contributed by atoms with Crippen molar-refractivity contribution < 1.29 is 4.79 Å². The molecule has 2 N–H and O–H groups in total. The second-order valence-corrected chi connectivity index (χ2v) is 5.99. The van der Waals surface area contributed by atoms with Crippen LogP contribution >= 0.6 is 11.6 Å². The number of rotatable bonds is 6. The van der Waals surface area contributed by atoms with Gasteiger partial charge in [-0.2, -0.15) is 0 Å². The zero-order valence-electron chi connectivity index (χ0n) is 13.6. The Morgan fingerprint density at radius 2 is 1.96 bits per heavy atom. The Labute approximate surface area is 141 Å². The van der Waals surface area contributed by atoms with Gasteiger partial charge in [-0.25, -0.2) is 4.98 Å². The zero-order chi connectivity index (χ0) is 16.8. The molecule has 0 fully saturated rings. The van der Waals surface area contributed by atoms with Crippen molar-refractivity contribution in [1.29, 1.82) is 0 Å². The molecule has 0 aliphatic carbocycles. The predicted octanol–water partition coefficient (Wildman–Crippen LogP) is 3.08. The van der Waals surface area contributed by atoms with Crippen molar-refractivity contribution in [2.75, 3.05) is 32.5 Å². The van der Waals surface area contributed by atoms with Gasteiger partial charge in [0.2, 0.25) is 0 Å². The molecule has 1 amide bonds. The maximum atomic E-state index is 11.9. The molecule has 0 aliphatic rings. The highest BCUT2D eigenvalue weighted by molar-refractivity contribution is 6.31. The summed E-state index contributed by atoms with van der Waals surface area (Å²) in [6.45, 7) is 3.34. The summed E-state index contributed by atoms with van der Waals surface area (Å²) in [6, 6.07) is 9.28. The summed E-state index contributed by atoms with van der Waals surface area (Å²) in [4.78, 5) is 18.1. The van der Waals surface area contributed by atoms with Gasteiger partial charge in [-0.3, -0.25) is 4.79 Å². The van der Waals surface area contributed by atoms with Crippen LogP contribution < -0.4 is 10.6 Å². The average molecular weight is 333 g/mol. The third-order valence-corrected chi connectivity index (χ3v) is 3.71. The second-order valence-electron chi connectivity index (χ2n) is 5.58. The van der Waals surface area contributed by atoms with E-state index in [0.717, 1.165) is 23.5 Å². The fraction of sp³-hybridized carbons (Fsp3) is 0.294. The van der Waals surface area contributed by atoms with Crippen LogP contribution in [-0.4, -0.2) is 43.0 Å². The van der Waals surface area contributed by atoms with E-state index >= 15 is 0 Å². The molecule has 0 aliphatic heterocycles. The SMILES string of the molecule is Cc1ccc(Nc2ccc(C(=O)NCCN(C)C)nc2)cc1Cl. The number of carbonyl (C=O) groups is 1. The lowest BCUT2D eigenvalue weighted by Crippen LogP contribution is -2.31. The first-order valence-corrected chi connectivity index (χ1v) is 7.75. The molecule has 6 heteroatoms. The molecule has 23 heavy (non-hydrogen) atoms. The van der Waals surface area contributed by atoms with Crippen molar-refractivity contribution in [3.05, 3.63) is 52.8 Å². The first kappa shape index (κ1) is 17.2. The molecule has 0 atom stereocenters. The molecule has 0 spiro atoms. The summed E-state index contributed by atoms with van der Waals surface area (Å²) in [5, 5.41) is 6.75. The summed E-state index contributed by atoms with van der Waals surface area (Å²) in [6.07, 6.45) is 1.63. The predicted molar refractivity (Wildman–Crippen MR) is 94.6 cm³/mol. The first-order chi connectivity index (χ1) is 11.0. The largest absolute Gasteiger partial charge is 0.354 e. The van der Waals surface area contributed by atoms with E-state index in [1.54, 1.807) is 12.3 Å². The Bertz CT molecular complexity index is 671. The molecule has 1 heterocycles. The topological polar surface area (TPSA) is 57.3 Å². The van der Waals surface area contributed by atoms with E-state index in [4.69, 9.17) is 11.6 Å². The second kappa shape index (κ2) is 7.94. The standard InChI is InChI=1S/C17H21ClN4O/c1-12-4-5-13(10-15(12)18)21-14-6-7-16(20-11-14)17(23)19-8-9-22(2)3/h4-7,10-11,21H,8-9H2,1-3H3,(H,19,23). The van der Waals surface area contributed by atoms with Crippen LogP contribution in [0.15, 0.2) is 36.5 Å². The third-order valence-electron chi connectivity index (χ3n) is 3.30. The van der Waals surface area contributed by atoms with Gasteiger partial charge in [0.1, 0.15) is 5.69 Å². The Hall–Kier alpha value is -2.11. The van der Waals surface area contributed by atoms with Crippen LogP contribution in [0.1, 0.15) is 16.1 Å². The zero-order valence-corrected chi connectivity index (χ0v) is 14.3.